The number of halogens is 2. The van der Waals surface area contributed by atoms with Crippen molar-refractivity contribution in [2.75, 3.05) is 25.4 Å². The average Bonchev–Trinajstić information content (AvgIpc) is 2.75. The van der Waals surface area contributed by atoms with Gasteiger partial charge in [0.05, 0.1) is 11.1 Å². The molecule has 0 spiro atoms. The SMILES string of the molecule is CN(C)[C@@H](CNC(=O)c1cccc(NS(=O)(=O)c2cc(Cl)ccc2Cl)c1)c1ccccc1. The quantitative estimate of drug-likeness (QED) is 0.473. The summed E-state index contributed by atoms with van der Waals surface area (Å²) in [5.74, 6) is -0.311. The molecule has 0 heterocycles. The molecular weight excluding hydrogens is 469 g/mol. The van der Waals surface area contributed by atoms with Gasteiger partial charge in [0.25, 0.3) is 15.9 Å². The highest BCUT2D eigenvalue weighted by atomic mass is 35.5. The Morgan fingerprint density at radius 1 is 0.969 bits per heavy atom. The van der Waals surface area contributed by atoms with Gasteiger partial charge in [0.1, 0.15) is 4.90 Å². The normalized spacial score (nSPS) is 12.4. The van der Waals surface area contributed by atoms with Gasteiger partial charge in [-0.05, 0) is 56.1 Å². The third-order valence-corrected chi connectivity index (χ3v) is 6.92. The van der Waals surface area contributed by atoms with E-state index < -0.39 is 10.0 Å². The molecule has 2 N–H and O–H groups in total. The van der Waals surface area contributed by atoms with Gasteiger partial charge in [-0.15, -0.1) is 0 Å². The summed E-state index contributed by atoms with van der Waals surface area (Å²) in [4.78, 5) is 14.6. The Labute approximate surface area is 198 Å². The molecule has 168 valence electrons. The van der Waals surface area contributed by atoms with Crippen molar-refractivity contribution in [2.24, 2.45) is 0 Å². The topological polar surface area (TPSA) is 78.5 Å². The lowest BCUT2D eigenvalue weighted by Crippen LogP contribution is -2.34. The zero-order valence-electron chi connectivity index (χ0n) is 17.5. The van der Waals surface area contributed by atoms with Crippen LogP contribution in [-0.2, 0) is 10.0 Å². The summed E-state index contributed by atoms with van der Waals surface area (Å²) in [7, 11) is -0.0974. The number of nitrogens with one attached hydrogen (secondary N) is 2. The first-order valence-corrected chi connectivity index (χ1v) is 12.0. The third kappa shape index (κ3) is 6.01. The first-order chi connectivity index (χ1) is 15.2. The molecule has 0 aliphatic carbocycles. The second-order valence-electron chi connectivity index (χ2n) is 7.36. The van der Waals surface area contributed by atoms with Crippen LogP contribution in [-0.4, -0.2) is 39.9 Å². The summed E-state index contributed by atoms with van der Waals surface area (Å²) >= 11 is 11.9. The van der Waals surface area contributed by atoms with Gasteiger partial charge in [-0.2, -0.15) is 0 Å². The molecule has 0 unspecified atom stereocenters. The van der Waals surface area contributed by atoms with Gasteiger partial charge < -0.3 is 10.2 Å². The molecule has 0 aliphatic rings. The van der Waals surface area contributed by atoms with Crippen molar-refractivity contribution in [3.63, 3.8) is 0 Å². The summed E-state index contributed by atoms with van der Waals surface area (Å²) < 4.78 is 27.9. The van der Waals surface area contributed by atoms with E-state index >= 15 is 0 Å². The van der Waals surface area contributed by atoms with E-state index in [0.29, 0.717) is 12.1 Å². The maximum atomic E-state index is 12.7. The highest BCUT2D eigenvalue weighted by Crippen LogP contribution is 2.27. The minimum atomic E-state index is -3.99. The molecule has 0 bridgehead atoms. The van der Waals surface area contributed by atoms with Crippen molar-refractivity contribution < 1.29 is 13.2 Å². The lowest BCUT2D eigenvalue weighted by molar-refractivity contribution is 0.0942. The van der Waals surface area contributed by atoms with Crippen LogP contribution in [0.1, 0.15) is 22.0 Å². The van der Waals surface area contributed by atoms with Crippen LogP contribution in [0.15, 0.2) is 77.7 Å². The number of nitrogens with zero attached hydrogens (tertiary/aromatic N) is 1. The second kappa shape index (κ2) is 10.4. The van der Waals surface area contributed by atoms with Crippen LogP contribution in [0.4, 0.5) is 5.69 Å². The summed E-state index contributed by atoms with van der Waals surface area (Å²) in [5.41, 5.74) is 1.64. The molecule has 0 saturated carbocycles. The van der Waals surface area contributed by atoms with E-state index in [2.05, 4.69) is 10.0 Å². The van der Waals surface area contributed by atoms with Crippen molar-refractivity contribution in [3.05, 3.63) is 94.0 Å². The third-order valence-electron chi connectivity index (χ3n) is 4.82. The number of sulfonamides is 1. The first-order valence-electron chi connectivity index (χ1n) is 9.75. The maximum Gasteiger partial charge on any atom is 0.263 e. The Hall–Kier alpha value is -2.58. The zero-order chi connectivity index (χ0) is 23.3. The van der Waals surface area contributed by atoms with Gasteiger partial charge in [-0.3, -0.25) is 9.52 Å². The number of carbonyl (C=O) groups excluding carboxylic acids is 1. The number of anilines is 1. The molecule has 0 aromatic heterocycles. The lowest BCUT2D eigenvalue weighted by atomic mass is 10.1. The number of hydrogen-bond donors (Lipinski definition) is 2. The molecule has 9 heteroatoms. The number of benzene rings is 3. The predicted molar refractivity (Wildman–Crippen MR) is 129 cm³/mol. The molecule has 1 atom stereocenters. The van der Waals surface area contributed by atoms with Crippen LogP contribution in [0.3, 0.4) is 0 Å². The van der Waals surface area contributed by atoms with Crippen LogP contribution in [0.2, 0.25) is 10.0 Å². The van der Waals surface area contributed by atoms with Crippen molar-refractivity contribution in [1.29, 1.82) is 0 Å². The number of likely N-dealkylation sites (N-methyl/N-ethyl adjacent to an activating group) is 1. The van der Waals surface area contributed by atoms with Crippen LogP contribution >= 0.6 is 23.2 Å². The van der Waals surface area contributed by atoms with Crippen LogP contribution in [0, 0.1) is 0 Å². The van der Waals surface area contributed by atoms with E-state index in [9.17, 15) is 13.2 Å². The lowest BCUT2D eigenvalue weighted by Gasteiger charge is -2.25. The number of carbonyl (C=O) groups is 1. The van der Waals surface area contributed by atoms with Crippen LogP contribution in [0.25, 0.3) is 0 Å². The largest absolute Gasteiger partial charge is 0.350 e. The molecule has 1 amide bonds. The van der Waals surface area contributed by atoms with E-state index in [4.69, 9.17) is 23.2 Å². The molecule has 0 saturated heterocycles. The van der Waals surface area contributed by atoms with Gasteiger partial charge in [-0.1, -0.05) is 59.6 Å². The second-order valence-corrected chi connectivity index (χ2v) is 9.86. The molecule has 0 radical (unpaired) electrons. The van der Waals surface area contributed by atoms with E-state index in [1.165, 1.54) is 24.3 Å². The Kier molecular flexibility index (Phi) is 7.79. The molecular formula is C23H23Cl2N3O3S. The number of hydrogen-bond acceptors (Lipinski definition) is 4. The average molecular weight is 492 g/mol. The predicted octanol–water partition coefficient (Wildman–Crippen LogP) is 4.83. The highest BCUT2D eigenvalue weighted by molar-refractivity contribution is 7.92. The van der Waals surface area contributed by atoms with E-state index in [-0.39, 0.29) is 32.6 Å². The summed E-state index contributed by atoms with van der Waals surface area (Å²) in [6, 6.07) is 20.3. The maximum absolute atomic E-state index is 12.7. The van der Waals surface area contributed by atoms with E-state index in [0.717, 1.165) is 5.56 Å². The van der Waals surface area contributed by atoms with Gasteiger partial charge in [-0.25, -0.2) is 8.42 Å². The standard InChI is InChI=1S/C23H23Cl2N3O3S/c1-28(2)21(16-7-4-3-5-8-16)15-26-23(29)17-9-6-10-19(13-17)27-32(30,31)22-14-18(24)11-12-20(22)25/h3-14,21,27H,15H2,1-2H3,(H,26,29)/t21-/m0/s1. The molecule has 3 rings (SSSR count). The molecule has 32 heavy (non-hydrogen) atoms. The van der Waals surface area contributed by atoms with Gasteiger partial charge in [0, 0.05) is 22.8 Å². The van der Waals surface area contributed by atoms with Crippen LogP contribution in [0.5, 0.6) is 0 Å². The zero-order valence-corrected chi connectivity index (χ0v) is 19.9. The minimum absolute atomic E-state index is 0.00759. The fourth-order valence-electron chi connectivity index (χ4n) is 3.18. The monoisotopic (exact) mass is 491 g/mol. The van der Waals surface area contributed by atoms with E-state index in [1.54, 1.807) is 18.2 Å². The Morgan fingerprint density at radius 2 is 1.69 bits per heavy atom. The Morgan fingerprint density at radius 3 is 2.38 bits per heavy atom. The van der Waals surface area contributed by atoms with Crippen LogP contribution < -0.4 is 10.0 Å². The molecule has 0 aliphatic heterocycles. The van der Waals surface area contributed by atoms with Crippen molar-refractivity contribution in [1.82, 2.24) is 10.2 Å². The fraction of sp³-hybridized carbons (Fsp3) is 0.174. The van der Waals surface area contributed by atoms with E-state index in [1.807, 2.05) is 49.3 Å². The Bertz CT molecular complexity index is 1200. The van der Waals surface area contributed by atoms with Crippen molar-refractivity contribution in [3.8, 4) is 0 Å². The summed E-state index contributed by atoms with van der Waals surface area (Å²) in [5, 5.41) is 3.22. The Balaban J connectivity index is 1.74. The van der Waals surface area contributed by atoms with Gasteiger partial charge >= 0.3 is 0 Å². The molecule has 3 aromatic carbocycles. The van der Waals surface area contributed by atoms with Gasteiger partial charge in [0.15, 0.2) is 0 Å². The minimum Gasteiger partial charge on any atom is -0.350 e. The molecule has 0 fully saturated rings. The fourth-order valence-corrected chi connectivity index (χ4v) is 5.00. The van der Waals surface area contributed by atoms with Crippen molar-refractivity contribution >= 4 is 44.8 Å². The van der Waals surface area contributed by atoms with Crippen molar-refractivity contribution in [2.45, 2.75) is 10.9 Å². The summed E-state index contributed by atoms with van der Waals surface area (Å²) in [6.45, 7) is 0.393. The number of rotatable bonds is 8. The highest BCUT2D eigenvalue weighted by Gasteiger charge is 2.20. The number of amides is 1. The first kappa shape index (κ1) is 24.1. The summed E-state index contributed by atoms with van der Waals surface area (Å²) in [6.07, 6.45) is 0. The smallest absolute Gasteiger partial charge is 0.263 e. The molecule has 6 nitrogen and oxygen atoms in total. The van der Waals surface area contributed by atoms with Gasteiger partial charge in [0.2, 0.25) is 0 Å². The molecule has 3 aromatic rings.